The summed E-state index contributed by atoms with van der Waals surface area (Å²) in [7, 11) is 1.53. The summed E-state index contributed by atoms with van der Waals surface area (Å²) in [5.74, 6) is 0.491. The van der Waals surface area contributed by atoms with E-state index in [0.717, 1.165) is 42.5 Å². The van der Waals surface area contributed by atoms with E-state index >= 15 is 0 Å². The molecule has 1 heterocycles. The number of anilines is 1. The number of fused-ring (bicyclic) bond motifs is 1. The minimum absolute atomic E-state index is 0.0111. The molecule has 0 spiro atoms. The number of pyridine rings is 1. The predicted octanol–water partition coefficient (Wildman–Crippen LogP) is 2.16. The van der Waals surface area contributed by atoms with Crippen LogP contribution in [0.15, 0.2) is 42.7 Å². The molecule has 1 atom stereocenters. The molecule has 0 aliphatic heterocycles. The lowest BCUT2D eigenvalue weighted by atomic mass is 9.98. The van der Waals surface area contributed by atoms with Crippen molar-refractivity contribution >= 4 is 28.5 Å². The number of amides is 1. The van der Waals surface area contributed by atoms with Crippen LogP contribution in [0.3, 0.4) is 0 Å². The Balaban J connectivity index is 1.45. The van der Waals surface area contributed by atoms with Gasteiger partial charge in [0.25, 0.3) is 5.04 Å². The molecule has 2 aromatic rings. The van der Waals surface area contributed by atoms with Crippen molar-refractivity contribution in [2.75, 3.05) is 38.7 Å². The maximum absolute atomic E-state index is 11.3. The van der Waals surface area contributed by atoms with Gasteiger partial charge in [0.2, 0.25) is 12.3 Å². The lowest BCUT2D eigenvalue weighted by molar-refractivity contribution is -0.105. The lowest BCUT2D eigenvalue weighted by Gasteiger charge is -2.14. The van der Waals surface area contributed by atoms with Gasteiger partial charge in [-0.1, -0.05) is 12.1 Å². The molecule has 4 N–H and O–H groups in total. The first-order chi connectivity index (χ1) is 16.1. The van der Waals surface area contributed by atoms with Crippen molar-refractivity contribution in [2.24, 2.45) is 0 Å². The number of nitrogens with zero attached hydrogens (tertiary/aromatic N) is 1. The maximum atomic E-state index is 11.3. The third-order valence-electron chi connectivity index (χ3n) is 5.14. The number of aromatic nitrogens is 1. The SMILES string of the molecule is CN[S+]([O-])C(=N)/C=C\NCCOCCOc1cc(-c2ccc3c(c2NC=O)CCC3)ccn1. The van der Waals surface area contributed by atoms with Crippen molar-refractivity contribution in [1.29, 1.82) is 5.41 Å². The maximum Gasteiger partial charge on any atom is 0.259 e. The van der Waals surface area contributed by atoms with Crippen molar-refractivity contribution in [1.82, 2.24) is 15.0 Å². The van der Waals surface area contributed by atoms with Crippen LogP contribution in [0.1, 0.15) is 17.5 Å². The number of carbonyl (C=O) groups is 1. The van der Waals surface area contributed by atoms with Gasteiger partial charge in [-0.2, -0.15) is 0 Å². The van der Waals surface area contributed by atoms with Gasteiger partial charge in [0.05, 0.1) is 30.3 Å². The fourth-order valence-corrected chi connectivity index (χ4v) is 4.03. The third-order valence-corrected chi connectivity index (χ3v) is 6.04. The van der Waals surface area contributed by atoms with E-state index in [9.17, 15) is 9.35 Å². The number of benzene rings is 1. The summed E-state index contributed by atoms with van der Waals surface area (Å²) in [6, 6.07) is 7.94. The Morgan fingerprint density at radius 2 is 2.15 bits per heavy atom. The molecular formula is C23H29N5O4S. The highest BCUT2D eigenvalue weighted by molar-refractivity contribution is 8.05. The third kappa shape index (κ3) is 7.03. The summed E-state index contributed by atoms with van der Waals surface area (Å²) in [5, 5.41) is 13.4. The number of rotatable bonds is 13. The number of carbonyl (C=O) groups excluding carboxylic acids is 1. The van der Waals surface area contributed by atoms with E-state index in [1.165, 1.54) is 24.3 Å². The van der Waals surface area contributed by atoms with Crippen LogP contribution >= 0.6 is 0 Å². The normalized spacial score (nSPS) is 13.5. The Bertz CT molecular complexity index is 985. The fraction of sp³-hybridized carbons (Fsp3) is 0.348. The first-order valence-electron chi connectivity index (χ1n) is 10.7. The average molecular weight is 472 g/mol. The smallest absolute Gasteiger partial charge is 0.259 e. The monoisotopic (exact) mass is 471 g/mol. The van der Waals surface area contributed by atoms with Crippen molar-refractivity contribution in [3.63, 3.8) is 0 Å². The first-order valence-corrected chi connectivity index (χ1v) is 11.9. The zero-order valence-corrected chi connectivity index (χ0v) is 19.4. The van der Waals surface area contributed by atoms with Gasteiger partial charge >= 0.3 is 0 Å². The van der Waals surface area contributed by atoms with Crippen LogP contribution in [-0.2, 0) is 33.7 Å². The van der Waals surface area contributed by atoms with Gasteiger partial charge in [-0.15, -0.1) is 4.72 Å². The zero-order valence-electron chi connectivity index (χ0n) is 18.6. The Labute approximate surface area is 196 Å². The van der Waals surface area contributed by atoms with Crippen LogP contribution in [0.5, 0.6) is 5.88 Å². The van der Waals surface area contributed by atoms with Gasteiger partial charge in [0.15, 0.2) is 0 Å². The molecule has 1 aliphatic rings. The highest BCUT2D eigenvalue weighted by atomic mass is 32.2. The van der Waals surface area contributed by atoms with Crippen molar-refractivity contribution in [3.05, 3.63) is 53.9 Å². The molecule has 10 heteroatoms. The number of nitrogens with one attached hydrogen (secondary N) is 4. The molecule has 0 bridgehead atoms. The number of ether oxygens (including phenoxy) is 2. The summed E-state index contributed by atoms with van der Waals surface area (Å²) >= 11 is -1.48. The first kappa shape index (κ1) is 24.7. The van der Waals surface area contributed by atoms with E-state index in [4.69, 9.17) is 14.9 Å². The number of aryl methyl sites for hydroxylation is 1. The van der Waals surface area contributed by atoms with Gasteiger partial charge in [0.1, 0.15) is 6.61 Å². The zero-order chi connectivity index (χ0) is 23.5. The van der Waals surface area contributed by atoms with Crippen LogP contribution in [-0.4, -0.2) is 54.4 Å². The lowest BCUT2D eigenvalue weighted by Crippen LogP contribution is -2.26. The Morgan fingerprint density at radius 3 is 2.97 bits per heavy atom. The highest BCUT2D eigenvalue weighted by Crippen LogP contribution is 2.37. The second-order valence-electron chi connectivity index (χ2n) is 7.21. The molecule has 1 aliphatic carbocycles. The van der Waals surface area contributed by atoms with E-state index in [1.54, 1.807) is 12.4 Å². The number of hydrogen-bond acceptors (Lipinski definition) is 8. The summed E-state index contributed by atoms with van der Waals surface area (Å²) in [4.78, 5) is 15.5. The van der Waals surface area contributed by atoms with Gasteiger partial charge in [-0.05, 0) is 42.0 Å². The van der Waals surface area contributed by atoms with E-state index in [0.29, 0.717) is 32.2 Å². The van der Waals surface area contributed by atoms with E-state index in [1.807, 2.05) is 18.2 Å². The standard InChI is InChI=1S/C23H29N5O4S/c1-25-33(30)21(24)8-9-26-11-12-31-13-14-32-22-15-18(7-10-27-22)20-6-5-17-3-2-4-19(17)23(20)28-16-29/h5-10,15-16,24-26H,2-4,11-14H2,1H3,(H,28,29)/b9-8-,24-21?. The summed E-state index contributed by atoms with van der Waals surface area (Å²) < 4.78 is 25.0. The summed E-state index contributed by atoms with van der Waals surface area (Å²) in [5.41, 5.74) is 5.26. The molecule has 9 nitrogen and oxygen atoms in total. The highest BCUT2D eigenvalue weighted by Gasteiger charge is 2.19. The van der Waals surface area contributed by atoms with Gasteiger partial charge in [0, 0.05) is 43.7 Å². The van der Waals surface area contributed by atoms with Crippen molar-refractivity contribution in [2.45, 2.75) is 19.3 Å². The Hall–Kier alpha value is -2.92. The molecule has 176 valence electrons. The molecule has 0 fully saturated rings. The quantitative estimate of drug-likeness (QED) is 0.116. The molecule has 3 rings (SSSR count). The molecule has 0 saturated heterocycles. The van der Waals surface area contributed by atoms with Crippen LogP contribution in [0.25, 0.3) is 11.1 Å². The van der Waals surface area contributed by atoms with Crippen molar-refractivity contribution < 1.29 is 18.8 Å². The molecule has 1 amide bonds. The Morgan fingerprint density at radius 1 is 1.27 bits per heavy atom. The minimum atomic E-state index is -1.48. The van der Waals surface area contributed by atoms with E-state index in [2.05, 4.69) is 26.4 Å². The largest absolute Gasteiger partial charge is 0.592 e. The van der Waals surface area contributed by atoms with Crippen LogP contribution < -0.4 is 20.1 Å². The molecule has 1 unspecified atom stereocenters. The minimum Gasteiger partial charge on any atom is -0.592 e. The predicted molar refractivity (Wildman–Crippen MR) is 130 cm³/mol. The van der Waals surface area contributed by atoms with Crippen molar-refractivity contribution in [3.8, 4) is 17.0 Å². The second-order valence-corrected chi connectivity index (χ2v) is 8.60. The molecule has 0 radical (unpaired) electrons. The molecule has 1 aromatic heterocycles. The van der Waals surface area contributed by atoms with Gasteiger partial charge in [-0.25, -0.2) is 4.98 Å². The van der Waals surface area contributed by atoms with Crippen LogP contribution in [0.4, 0.5) is 5.69 Å². The molecule has 1 aromatic carbocycles. The second kappa shape index (κ2) is 12.9. The topological polar surface area (TPSA) is 131 Å². The Kier molecular flexibility index (Phi) is 9.70. The number of hydrogen-bond donors (Lipinski definition) is 4. The summed E-state index contributed by atoms with van der Waals surface area (Å²) in [6.07, 6.45) is 8.53. The fourth-order valence-electron chi connectivity index (χ4n) is 3.61. The molecule has 0 saturated carbocycles. The van der Waals surface area contributed by atoms with Crippen LogP contribution in [0, 0.1) is 5.41 Å². The molecule has 33 heavy (non-hydrogen) atoms. The average Bonchev–Trinajstić information content (AvgIpc) is 3.32. The summed E-state index contributed by atoms with van der Waals surface area (Å²) in [6.45, 7) is 1.75. The van der Waals surface area contributed by atoms with Gasteiger partial charge < -0.3 is 24.7 Å². The van der Waals surface area contributed by atoms with E-state index in [-0.39, 0.29) is 5.04 Å². The van der Waals surface area contributed by atoms with E-state index < -0.39 is 11.4 Å². The molecular weight excluding hydrogens is 442 g/mol. The van der Waals surface area contributed by atoms with Gasteiger partial charge in [-0.3, -0.25) is 10.2 Å². The van der Waals surface area contributed by atoms with Crippen LogP contribution in [0.2, 0.25) is 0 Å².